The molecule has 0 saturated carbocycles. The number of halogens is 1. The van der Waals surface area contributed by atoms with Gasteiger partial charge in [-0.05, 0) is 25.1 Å². The molecule has 5 heteroatoms. The molecule has 0 aliphatic rings. The molecule has 0 heterocycles. The average molecular weight is 230 g/mol. The van der Waals surface area contributed by atoms with Crippen molar-refractivity contribution in [3.05, 3.63) is 28.8 Å². The van der Waals surface area contributed by atoms with Crippen LogP contribution in [0.2, 0.25) is 5.02 Å². The lowest BCUT2D eigenvalue weighted by Gasteiger charge is -2.10. The highest BCUT2D eigenvalue weighted by molar-refractivity contribution is 6.32. The molecule has 0 unspecified atom stereocenters. The van der Waals surface area contributed by atoms with E-state index in [-0.39, 0.29) is 16.6 Å². The molecule has 0 saturated heterocycles. The zero-order valence-electron chi connectivity index (χ0n) is 8.24. The highest BCUT2D eigenvalue weighted by Crippen LogP contribution is 2.25. The summed E-state index contributed by atoms with van der Waals surface area (Å²) >= 11 is 5.83. The molecule has 1 atom stereocenters. The van der Waals surface area contributed by atoms with Crippen molar-refractivity contribution in [2.45, 2.75) is 13.0 Å². The minimum atomic E-state index is -1.02. The number of hydrogen-bond donors (Lipinski definition) is 2. The van der Waals surface area contributed by atoms with Gasteiger partial charge < -0.3 is 15.6 Å². The van der Waals surface area contributed by atoms with Gasteiger partial charge in [0.2, 0.25) is 0 Å². The third kappa shape index (κ3) is 3.42. The van der Waals surface area contributed by atoms with Crippen molar-refractivity contribution in [2.24, 2.45) is 5.73 Å². The van der Waals surface area contributed by atoms with Crippen LogP contribution in [-0.2, 0) is 0 Å². The Morgan fingerprint density at radius 2 is 2.33 bits per heavy atom. The van der Waals surface area contributed by atoms with Crippen LogP contribution in [0, 0.1) is 0 Å². The van der Waals surface area contributed by atoms with Crippen LogP contribution >= 0.6 is 11.6 Å². The Morgan fingerprint density at radius 3 is 2.80 bits per heavy atom. The van der Waals surface area contributed by atoms with Gasteiger partial charge in [-0.15, -0.1) is 0 Å². The minimum absolute atomic E-state index is 0.0970. The molecule has 1 aromatic rings. The van der Waals surface area contributed by atoms with Gasteiger partial charge in [-0.2, -0.15) is 0 Å². The number of rotatable bonds is 4. The van der Waals surface area contributed by atoms with Crippen LogP contribution in [0.15, 0.2) is 18.2 Å². The van der Waals surface area contributed by atoms with E-state index in [9.17, 15) is 4.79 Å². The summed E-state index contributed by atoms with van der Waals surface area (Å²) in [7, 11) is 0. The lowest BCUT2D eigenvalue weighted by molar-refractivity contribution is 0.0697. The van der Waals surface area contributed by atoms with Crippen molar-refractivity contribution in [2.75, 3.05) is 6.61 Å². The number of carboxylic acid groups (broad SMARTS) is 1. The van der Waals surface area contributed by atoms with Gasteiger partial charge in [0.15, 0.2) is 0 Å². The maximum atomic E-state index is 10.6. The van der Waals surface area contributed by atoms with Gasteiger partial charge in [0.1, 0.15) is 12.4 Å². The highest BCUT2D eigenvalue weighted by Gasteiger charge is 2.08. The van der Waals surface area contributed by atoms with Crippen molar-refractivity contribution in [1.29, 1.82) is 0 Å². The summed E-state index contributed by atoms with van der Waals surface area (Å²) in [5, 5.41) is 8.97. The summed E-state index contributed by atoms with van der Waals surface area (Å²) in [5.74, 6) is -0.574. The monoisotopic (exact) mass is 229 g/mol. The zero-order chi connectivity index (χ0) is 11.4. The third-order valence-corrected chi connectivity index (χ3v) is 1.98. The summed E-state index contributed by atoms with van der Waals surface area (Å²) in [6.45, 7) is 2.14. The molecule has 1 rings (SSSR count). The predicted octanol–water partition coefficient (Wildman–Crippen LogP) is 1.76. The van der Waals surface area contributed by atoms with E-state index in [0.29, 0.717) is 12.4 Å². The van der Waals surface area contributed by atoms with Gasteiger partial charge in [-0.1, -0.05) is 11.6 Å². The van der Waals surface area contributed by atoms with Crippen molar-refractivity contribution in [3.8, 4) is 5.75 Å². The van der Waals surface area contributed by atoms with E-state index in [1.165, 1.54) is 18.2 Å². The molecule has 3 N–H and O–H groups in total. The Bertz CT molecular complexity index is 366. The van der Waals surface area contributed by atoms with E-state index in [1.807, 2.05) is 0 Å². The van der Waals surface area contributed by atoms with Crippen molar-refractivity contribution < 1.29 is 14.6 Å². The SMILES string of the molecule is C[C@H](N)COc1ccc(C(=O)O)cc1Cl. The molecule has 0 radical (unpaired) electrons. The predicted molar refractivity (Wildman–Crippen MR) is 57.6 cm³/mol. The zero-order valence-corrected chi connectivity index (χ0v) is 8.99. The van der Waals surface area contributed by atoms with Crippen molar-refractivity contribution >= 4 is 17.6 Å². The Kier molecular flexibility index (Phi) is 3.94. The van der Waals surface area contributed by atoms with E-state index in [0.717, 1.165) is 0 Å². The van der Waals surface area contributed by atoms with Crippen LogP contribution in [0.5, 0.6) is 5.75 Å². The van der Waals surface area contributed by atoms with E-state index in [2.05, 4.69) is 0 Å². The molecule has 0 bridgehead atoms. The van der Waals surface area contributed by atoms with Crippen LogP contribution in [0.1, 0.15) is 17.3 Å². The number of ether oxygens (including phenoxy) is 1. The quantitative estimate of drug-likeness (QED) is 0.825. The van der Waals surface area contributed by atoms with E-state index >= 15 is 0 Å². The number of carboxylic acids is 1. The Hall–Kier alpha value is -1.26. The molecular weight excluding hydrogens is 218 g/mol. The molecule has 82 valence electrons. The summed E-state index contributed by atoms with van der Waals surface area (Å²) in [4.78, 5) is 10.6. The van der Waals surface area contributed by atoms with Gasteiger partial charge in [0, 0.05) is 6.04 Å². The third-order valence-electron chi connectivity index (χ3n) is 1.68. The topological polar surface area (TPSA) is 72.5 Å². The molecule has 0 aromatic heterocycles. The Balaban J connectivity index is 2.79. The van der Waals surface area contributed by atoms with Crippen LogP contribution in [-0.4, -0.2) is 23.7 Å². The second-order valence-corrected chi connectivity index (χ2v) is 3.65. The normalized spacial score (nSPS) is 12.2. The summed E-state index contributed by atoms with van der Waals surface area (Å²) in [5.41, 5.74) is 5.64. The molecule has 0 aliphatic carbocycles. The Morgan fingerprint density at radius 1 is 1.67 bits per heavy atom. The van der Waals surface area contributed by atoms with Gasteiger partial charge >= 0.3 is 5.97 Å². The van der Waals surface area contributed by atoms with Gasteiger partial charge in [0.25, 0.3) is 0 Å². The number of hydrogen-bond acceptors (Lipinski definition) is 3. The molecule has 1 aromatic carbocycles. The van der Waals surface area contributed by atoms with E-state index < -0.39 is 5.97 Å². The van der Waals surface area contributed by atoms with Gasteiger partial charge in [-0.25, -0.2) is 4.79 Å². The Labute approximate surface area is 92.6 Å². The lowest BCUT2D eigenvalue weighted by Crippen LogP contribution is -2.23. The second kappa shape index (κ2) is 5.00. The highest BCUT2D eigenvalue weighted by atomic mass is 35.5. The number of nitrogens with two attached hydrogens (primary N) is 1. The summed E-state index contributed by atoms with van der Waals surface area (Å²) in [6.07, 6.45) is 0. The summed E-state index contributed by atoms with van der Waals surface area (Å²) in [6, 6.07) is 4.21. The average Bonchev–Trinajstić information content (AvgIpc) is 2.15. The summed E-state index contributed by atoms with van der Waals surface area (Å²) < 4.78 is 5.28. The van der Waals surface area contributed by atoms with Gasteiger partial charge in [0.05, 0.1) is 10.6 Å². The number of carbonyl (C=O) groups is 1. The number of aromatic carboxylic acids is 1. The second-order valence-electron chi connectivity index (χ2n) is 3.24. The molecule has 0 aliphatic heterocycles. The molecular formula is C10H12ClNO3. The largest absolute Gasteiger partial charge is 0.490 e. The maximum Gasteiger partial charge on any atom is 0.335 e. The fourth-order valence-electron chi connectivity index (χ4n) is 0.972. The van der Waals surface area contributed by atoms with Crippen LogP contribution < -0.4 is 10.5 Å². The number of benzene rings is 1. The molecule has 0 fully saturated rings. The van der Waals surface area contributed by atoms with Crippen molar-refractivity contribution in [3.63, 3.8) is 0 Å². The molecule has 0 amide bonds. The minimum Gasteiger partial charge on any atom is -0.490 e. The maximum absolute atomic E-state index is 10.6. The first-order valence-corrected chi connectivity index (χ1v) is 4.79. The van der Waals surface area contributed by atoms with Crippen LogP contribution in [0.25, 0.3) is 0 Å². The standard InChI is InChI=1S/C10H12ClNO3/c1-6(12)5-15-9-3-2-7(10(13)14)4-8(9)11/h2-4,6H,5,12H2,1H3,(H,13,14)/t6-/m0/s1. The van der Waals surface area contributed by atoms with E-state index in [4.69, 9.17) is 27.2 Å². The van der Waals surface area contributed by atoms with E-state index in [1.54, 1.807) is 6.92 Å². The fourth-order valence-corrected chi connectivity index (χ4v) is 1.21. The van der Waals surface area contributed by atoms with Gasteiger partial charge in [-0.3, -0.25) is 0 Å². The van der Waals surface area contributed by atoms with Crippen molar-refractivity contribution in [1.82, 2.24) is 0 Å². The van der Waals surface area contributed by atoms with Crippen LogP contribution in [0.3, 0.4) is 0 Å². The first-order chi connectivity index (χ1) is 7.00. The van der Waals surface area contributed by atoms with Crippen LogP contribution in [0.4, 0.5) is 0 Å². The molecule has 0 spiro atoms. The fraction of sp³-hybridized carbons (Fsp3) is 0.300. The molecule has 4 nitrogen and oxygen atoms in total. The lowest BCUT2D eigenvalue weighted by atomic mass is 10.2. The first kappa shape index (κ1) is 11.8. The first-order valence-electron chi connectivity index (χ1n) is 4.42. The molecule has 15 heavy (non-hydrogen) atoms. The smallest absolute Gasteiger partial charge is 0.335 e.